The fourth-order valence-corrected chi connectivity index (χ4v) is 7.69. The van der Waals surface area contributed by atoms with Crippen molar-refractivity contribution < 1.29 is 23.5 Å². The lowest BCUT2D eigenvalue weighted by atomic mass is 9.73. The second-order valence-corrected chi connectivity index (χ2v) is 12.0. The van der Waals surface area contributed by atoms with Gasteiger partial charge in [0, 0.05) is 48.1 Å². The average Bonchev–Trinajstić information content (AvgIpc) is 3.44. The Hall–Kier alpha value is -2.19. The summed E-state index contributed by atoms with van der Waals surface area (Å²) in [6.45, 7) is 3.79. The van der Waals surface area contributed by atoms with Crippen LogP contribution < -0.4 is 4.90 Å². The highest BCUT2D eigenvalue weighted by Gasteiger charge is 2.51. The summed E-state index contributed by atoms with van der Waals surface area (Å²) in [4.78, 5) is 32.6. The maximum atomic E-state index is 14.3. The molecule has 0 N–H and O–H groups in total. The van der Waals surface area contributed by atoms with E-state index in [1.807, 2.05) is 15.9 Å². The Bertz CT molecular complexity index is 1030. The molecule has 36 heavy (non-hydrogen) atoms. The summed E-state index contributed by atoms with van der Waals surface area (Å²) < 4.78 is 25.4. The van der Waals surface area contributed by atoms with Crippen molar-refractivity contribution in [2.45, 2.75) is 87.4 Å². The van der Waals surface area contributed by atoms with Crippen LogP contribution in [0.25, 0.3) is 0 Å². The zero-order valence-electron chi connectivity index (χ0n) is 20.9. The summed E-state index contributed by atoms with van der Waals surface area (Å²) in [5, 5.41) is 0. The molecule has 1 aliphatic carbocycles. The van der Waals surface area contributed by atoms with Crippen molar-refractivity contribution in [2.75, 3.05) is 37.7 Å². The maximum absolute atomic E-state index is 14.3. The fraction of sp³-hybridized carbons (Fsp3) is 0.714. The highest BCUT2D eigenvalue weighted by Crippen LogP contribution is 2.50. The van der Waals surface area contributed by atoms with E-state index in [1.54, 1.807) is 6.07 Å². The lowest BCUT2D eigenvalue weighted by Gasteiger charge is -2.47. The molecule has 2 unspecified atom stereocenters. The molecule has 3 atom stereocenters. The molecule has 0 radical (unpaired) electrons. The van der Waals surface area contributed by atoms with E-state index in [9.17, 15) is 14.0 Å². The third kappa shape index (κ3) is 3.83. The van der Waals surface area contributed by atoms with Gasteiger partial charge in [0.15, 0.2) is 0 Å². The second kappa shape index (κ2) is 8.69. The number of anilines is 1. The topological polar surface area (TPSA) is 62.3 Å². The number of amides is 2. The first-order valence-electron chi connectivity index (χ1n) is 13.9. The summed E-state index contributed by atoms with van der Waals surface area (Å²) in [5.41, 5.74) is 1.81. The number of piperidine rings is 2. The van der Waals surface area contributed by atoms with Crippen LogP contribution in [-0.2, 0) is 19.7 Å². The SMILES string of the molecule is O=C(C1CC1)N1CC2(CCN(C3CC4CCC(C3)N4C(=O)O[C@H]3CCOC3)CC2)c2cc(F)ccc21. The van der Waals surface area contributed by atoms with Crippen LogP contribution in [0.4, 0.5) is 14.9 Å². The minimum absolute atomic E-state index is 0.0987. The van der Waals surface area contributed by atoms with Crippen molar-refractivity contribution in [3.05, 3.63) is 29.6 Å². The van der Waals surface area contributed by atoms with Crippen LogP contribution in [0.15, 0.2) is 18.2 Å². The van der Waals surface area contributed by atoms with Crippen LogP contribution in [0.1, 0.15) is 63.4 Å². The first-order valence-corrected chi connectivity index (χ1v) is 13.9. The Labute approximate surface area is 211 Å². The molecule has 1 saturated carbocycles. The van der Waals surface area contributed by atoms with Crippen molar-refractivity contribution in [1.82, 2.24) is 9.80 Å². The molecule has 7 rings (SSSR count). The van der Waals surface area contributed by atoms with Crippen molar-refractivity contribution in [2.24, 2.45) is 5.92 Å². The van der Waals surface area contributed by atoms with Gasteiger partial charge in [-0.2, -0.15) is 0 Å². The van der Waals surface area contributed by atoms with Gasteiger partial charge < -0.3 is 24.2 Å². The second-order valence-electron chi connectivity index (χ2n) is 12.0. The average molecular weight is 498 g/mol. The van der Waals surface area contributed by atoms with Gasteiger partial charge in [0.05, 0.1) is 13.2 Å². The monoisotopic (exact) mass is 497 g/mol. The van der Waals surface area contributed by atoms with Crippen molar-refractivity contribution in [1.29, 1.82) is 0 Å². The normalized spacial score (nSPS) is 33.2. The quantitative estimate of drug-likeness (QED) is 0.635. The number of hydrogen-bond acceptors (Lipinski definition) is 5. The minimum Gasteiger partial charge on any atom is -0.444 e. The molecule has 1 spiro atoms. The summed E-state index contributed by atoms with van der Waals surface area (Å²) in [5.74, 6) is 0.171. The summed E-state index contributed by atoms with van der Waals surface area (Å²) in [6.07, 6.45) is 8.50. The maximum Gasteiger partial charge on any atom is 0.410 e. The van der Waals surface area contributed by atoms with Crippen LogP contribution >= 0.6 is 0 Å². The smallest absolute Gasteiger partial charge is 0.410 e. The van der Waals surface area contributed by atoms with E-state index in [0.717, 1.165) is 82.1 Å². The number of benzene rings is 1. The molecule has 2 bridgehead atoms. The van der Waals surface area contributed by atoms with Crippen LogP contribution in [0.2, 0.25) is 0 Å². The van der Waals surface area contributed by atoms with Crippen LogP contribution in [0.5, 0.6) is 0 Å². The molecule has 4 saturated heterocycles. The van der Waals surface area contributed by atoms with Gasteiger partial charge in [0.2, 0.25) is 5.91 Å². The van der Waals surface area contributed by atoms with Gasteiger partial charge in [-0.25, -0.2) is 9.18 Å². The van der Waals surface area contributed by atoms with Gasteiger partial charge in [-0.1, -0.05) is 0 Å². The number of likely N-dealkylation sites (tertiary alicyclic amines) is 1. The van der Waals surface area contributed by atoms with E-state index >= 15 is 0 Å². The number of carbonyl (C=O) groups excluding carboxylic acids is 2. The van der Waals surface area contributed by atoms with Crippen molar-refractivity contribution in [3.8, 4) is 0 Å². The van der Waals surface area contributed by atoms with E-state index in [-0.39, 0.29) is 47.3 Å². The minimum atomic E-state index is -0.212. The fourth-order valence-electron chi connectivity index (χ4n) is 7.69. The highest BCUT2D eigenvalue weighted by atomic mass is 19.1. The van der Waals surface area contributed by atoms with Gasteiger partial charge >= 0.3 is 6.09 Å². The van der Waals surface area contributed by atoms with E-state index in [0.29, 0.717) is 25.8 Å². The molecule has 7 nitrogen and oxygen atoms in total. The number of fused-ring (bicyclic) bond motifs is 4. The Balaban J connectivity index is 1.02. The van der Waals surface area contributed by atoms with Crippen LogP contribution in [0.3, 0.4) is 0 Å². The summed E-state index contributed by atoms with van der Waals surface area (Å²) in [7, 11) is 0. The van der Waals surface area contributed by atoms with Gasteiger partial charge in [0.25, 0.3) is 0 Å². The Kier molecular flexibility index (Phi) is 5.54. The molecule has 6 aliphatic rings. The number of rotatable bonds is 3. The molecule has 5 fully saturated rings. The summed E-state index contributed by atoms with van der Waals surface area (Å²) >= 11 is 0. The number of carbonyl (C=O) groups is 2. The number of nitrogens with zero attached hydrogens (tertiary/aromatic N) is 3. The first kappa shape index (κ1) is 23.0. The van der Waals surface area contributed by atoms with E-state index < -0.39 is 0 Å². The zero-order chi connectivity index (χ0) is 24.4. The largest absolute Gasteiger partial charge is 0.444 e. The molecule has 8 heteroatoms. The molecule has 1 aromatic rings. The predicted molar refractivity (Wildman–Crippen MR) is 131 cm³/mol. The third-order valence-corrected chi connectivity index (χ3v) is 9.82. The Morgan fingerprint density at radius 1 is 1.00 bits per heavy atom. The number of hydrogen-bond donors (Lipinski definition) is 0. The zero-order valence-corrected chi connectivity index (χ0v) is 20.9. The lowest BCUT2D eigenvalue weighted by Crippen LogP contribution is -2.56. The van der Waals surface area contributed by atoms with Crippen LogP contribution in [-0.4, -0.2) is 78.9 Å². The molecule has 194 valence electrons. The molecule has 0 aromatic heterocycles. The van der Waals surface area contributed by atoms with Gasteiger partial charge in [-0.05, 0) is 88.2 Å². The van der Waals surface area contributed by atoms with Gasteiger partial charge in [-0.15, -0.1) is 0 Å². The Morgan fingerprint density at radius 2 is 1.75 bits per heavy atom. The molecule has 2 amide bonds. The molecule has 5 aliphatic heterocycles. The van der Waals surface area contributed by atoms with E-state index in [4.69, 9.17) is 9.47 Å². The molecule has 5 heterocycles. The first-order chi connectivity index (χ1) is 17.5. The molecular formula is C28H36FN3O4. The Morgan fingerprint density at radius 3 is 2.42 bits per heavy atom. The van der Waals surface area contributed by atoms with Gasteiger partial charge in [0.1, 0.15) is 11.9 Å². The standard InChI is InChI=1S/C28H36FN3O4/c29-19-3-6-25-24(13-19)28(17-31(25)26(33)18-1-2-18)8-10-30(11-9-28)22-14-20-4-5-21(15-22)32(20)27(34)36-23-7-12-35-16-23/h3,6,13,18,20-23H,1-2,4-5,7-12,14-17H2/t20?,21?,22?,23-/m0/s1. The van der Waals surface area contributed by atoms with Gasteiger partial charge in [-0.3, -0.25) is 4.79 Å². The highest BCUT2D eigenvalue weighted by molar-refractivity contribution is 5.99. The number of ether oxygens (including phenoxy) is 2. The van der Waals surface area contributed by atoms with Crippen molar-refractivity contribution in [3.63, 3.8) is 0 Å². The van der Waals surface area contributed by atoms with Crippen molar-refractivity contribution >= 4 is 17.7 Å². The van der Waals surface area contributed by atoms with E-state index in [1.165, 1.54) is 6.07 Å². The predicted octanol–water partition coefficient (Wildman–Crippen LogP) is 3.84. The summed E-state index contributed by atoms with van der Waals surface area (Å²) in [6, 6.07) is 5.98. The third-order valence-electron chi connectivity index (χ3n) is 9.82. The number of halogens is 1. The molecular weight excluding hydrogens is 461 g/mol. The molecule has 1 aromatic carbocycles. The van der Waals surface area contributed by atoms with E-state index in [2.05, 4.69) is 4.90 Å². The lowest BCUT2D eigenvalue weighted by molar-refractivity contribution is -0.119. The van der Waals surface area contributed by atoms with Crippen LogP contribution in [0, 0.1) is 11.7 Å².